The van der Waals surface area contributed by atoms with Crippen LogP contribution in [0.2, 0.25) is 0 Å². The summed E-state index contributed by atoms with van der Waals surface area (Å²) in [6.45, 7) is 6.00. The summed E-state index contributed by atoms with van der Waals surface area (Å²) in [6, 6.07) is 2.02. The Kier molecular flexibility index (Phi) is 6.06. The van der Waals surface area contributed by atoms with Crippen LogP contribution in [0.3, 0.4) is 0 Å². The Morgan fingerprint density at radius 1 is 1.28 bits per heavy atom. The molecule has 18 heavy (non-hydrogen) atoms. The second-order valence-corrected chi connectivity index (χ2v) is 7.06. The van der Waals surface area contributed by atoms with Crippen molar-refractivity contribution in [2.45, 2.75) is 39.5 Å². The topological polar surface area (TPSA) is 64.4 Å². The molecule has 1 aliphatic heterocycles. The van der Waals surface area contributed by atoms with Crippen molar-refractivity contribution in [3.63, 3.8) is 0 Å². The van der Waals surface area contributed by atoms with Crippen molar-refractivity contribution < 1.29 is 8.42 Å². The van der Waals surface area contributed by atoms with E-state index < -0.39 is 10.2 Å². The molecule has 0 unspecified atom stereocenters. The molecular formula is C12H23N3O2S. The van der Waals surface area contributed by atoms with E-state index in [0.717, 1.165) is 19.3 Å². The molecule has 104 valence electrons. The molecule has 0 atom stereocenters. The van der Waals surface area contributed by atoms with E-state index in [0.29, 0.717) is 26.2 Å². The quantitative estimate of drug-likeness (QED) is 0.738. The van der Waals surface area contributed by atoms with E-state index in [1.54, 1.807) is 4.31 Å². The number of hydrogen-bond donors (Lipinski definition) is 0. The Labute approximate surface area is 111 Å². The fraction of sp³-hybridized carbons (Fsp3) is 0.917. The molecule has 0 aromatic heterocycles. The molecule has 0 amide bonds. The van der Waals surface area contributed by atoms with Gasteiger partial charge in [-0.25, -0.2) is 0 Å². The third kappa shape index (κ3) is 4.23. The third-order valence-corrected chi connectivity index (χ3v) is 5.01. The lowest BCUT2D eigenvalue weighted by Gasteiger charge is -2.32. The van der Waals surface area contributed by atoms with Gasteiger partial charge in [-0.2, -0.15) is 22.3 Å². The van der Waals surface area contributed by atoms with E-state index in [4.69, 9.17) is 5.26 Å². The minimum absolute atomic E-state index is 0.250. The summed E-state index contributed by atoms with van der Waals surface area (Å²) in [5.41, 5.74) is 0. The molecule has 1 rings (SSSR count). The van der Waals surface area contributed by atoms with Crippen LogP contribution in [0.4, 0.5) is 0 Å². The second-order valence-electron chi connectivity index (χ2n) is 5.13. The SMILES string of the molecule is CC(C)CN(CCC#N)S(=O)(=O)N1CCCCC1. The van der Waals surface area contributed by atoms with E-state index >= 15 is 0 Å². The third-order valence-electron chi connectivity index (χ3n) is 3.01. The maximum Gasteiger partial charge on any atom is 0.282 e. The summed E-state index contributed by atoms with van der Waals surface area (Å²) < 4.78 is 28.0. The highest BCUT2D eigenvalue weighted by Gasteiger charge is 2.30. The van der Waals surface area contributed by atoms with Crippen molar-refractivity contribution >= 4 is 10.2 Å². The van der Waals surface area contributed by atoms with E-state index in [1.165, 1.54) is 4.31 Å². The molecule has 0 spiro atoms. The van der Waals surface area contributed by atoms with Crippen LogP contribution in [-0.2, 0) is 10.2 Å². The minimum atomic E-state index is -3.38. The Morgan fingerprint density at radius 3 is 2.39 bits per heavy atom. The van der Waals surface area contributed by atoms with Gasteiger partial charge >= 0.3 is 0 Å². The lowest BCUT2D eigenvalue weighted by Crippen LogP contribution is -2.47. The molecule has 0 bridgehead atoms. The van der Waals surface area contributed by atoms with Crippen molar-refractivity contribution in [3.05, 3.63) is 0 Å². The van der Waals surface area contributed by atoms with Crippen molar-refractivity contribution in [1.29, 1.82) is 5.26 Å². The number of nitriles is 1. The smallest absolute Gasteiger partial charge is 0.198 e. The molecule has 1 saturated heterocycles. The lowest BCUT2D eigenvalue weighted by molar-refractivity contribution is 0.292. The van der Waals surface area contributed by atoms with Gasteiger partial charge in [0.1, 0.15) is 0 Å². The van der Waals surface area contributed by atoms with Gasteiger partial charge in [0.05, 0.1) is 6.07 Å². The van der Waals surface area contributed by atoms with Gasteiger partial charge in [0, 0.05) is 32.6 Å². The normalized spacial score (nSPS) is 18.2. The summed E-state index contributed by atoms with van der Waals surface area (Å²) in [5.74, 6) is 0.267. The van der Waals surface area contributed by atoms with Gasteiger partial charge in [-0.1, -0.05) is 20.3 Å². The summed E-state index contributed by atoms with van der Waals surface area (Å²) >= 11 is 0. The molecule has 0 N–H and O–H groups in total. The molecule has 0 saturated carbocycles. The first kappa shape index (κ1) is 15.4. The monoisotopic (exact) mass is 273 g/mol. The maximum absolute atomic E-state index is 12.5. The Bertz CT molecular complexity index is 381. The van der Waals surface area contributed by atoms with E-state index in [2.05, 4.69) is 0 Å². The number of hydrogen-bond acceptors (Lipinski definition) is 3. The molecule has 0 aliphatic carbocycles. The van der Waals surface area contributed by atoms with Crippen molar-refractivity contribution in [3.8, 4) is 6.07 Å². The maximum atomic E-state index is 12.5. The molecule has 6 heteroatoms. The van der Waals surface area contributed by atoms with Crippen molar-refractivity contribution in [1.82, 2.24) is 8.61 Å². The summed E-state index contributed by atoms with van der Waals surface area (Å²) in [6.07, 6.45) is 3.23. The van der Waals surface area contributed by atoms with Gasteiger partial charge in [-0.15, -0.1) is 0 Å². The van der Waals surface area contributed by atoms with Crippen LogP contribution in [0.1, 0.15) is 39.5 Å². The predicted octanol–water partition coefficient (Wildman–Crippen LogP) is 1.59. The highest BCUT2D eigenvalue weighted by Crippen LogP contribution is 2.17. The molecule has 5 nitrogen and oxygen atoms in total. The molecule has 0 aromatic carbocycles. The molecular weight excluding hydrogens is 250 g/mol. The first-order chi connectivity index (χ1) is 8.48. The zero-order valence-electron chi connectivity index (χ0n) is 11.3. The Morgan fingerprint density at radius 2 is 1.89 bits per heavy atom. The zero-order valence-corrected chi connectivity index (χ0v) is 12.1. The van der Waals surface area contributed by atoms with Gasteiger partial charge in [-0.3, -0.25) is 0 Å². The van der Waals surface area contributed by atoms with Gasteiger partial charge in [-0.05, 0) is 18.8 Å². The van der Waals surface area contributed by atoms with Crippen LogP contribution in [0, 0.1) is 17.2 Å². The van der Waals surface area contributed by atoms with Crippen LogP contribution in [-0.4, -0.2) is 43.2 Å². The number of nitrogens with zero attached hydrogens (tertiary/aromatic N) is 3. The van der Waals surface area contributed by atoms with E-state index in [-0.39, 0.29) is 12.3 Å². The van der Waals surface area contributed by atoms with Crippen LogP contribution in [0.5, 0.6) is 0 Å². The highest BCUT2D eigenvalue weighted by atomic mass is 32.2. The largest absolute Gasteiger partial charge is 0.282 e. The van der Waals surface area contributed by atoms with E-state index in [1.807, 2.05) is 19.9 Å². The second kappa shape index (κ2) is 7.07. The Balaban J connectivity index is 2.77. The van der Waals surface area contributed by atoms with Crippen LogP contribution >= 0.6 is 0 Å². The van der Waals surface area contributed by atoms with Crippen LogP contribution in [0.25, 0.3) is 0 Å². The van der Waals surface area contributed by atoms with Crippen LogP contribution < -0.4 is 0 Å². The fourth-order valence-corrected chi connectivity index (χ4v) is 4.00. The van der Waals surface area contributed by atoms with Crippen molar-refractivity contribution in [2.75, 3.05) is 26.2 Å². The summed E-state index contributed by atoms with van der Waals surface area (Å²) in [7, 11) is -3.38. The number of rotatable bonds is 6. The van der Waals surface area contributed by atoms with Crippen LogP contribution in [0.15, 0.2) is 0 Å². The first-order valence-electron chi connectivity index (χ1n) is 6.60. The summed E-state index contributed by atoms with van der Waals surface area (Å²) in [4.78, 5) is 0. The molecule has 1 heterocycles. The molecule has 1 fully saturated rings. The lowest BCUT2D eigenvalue weighted by atomic mass is 10.2. The standard InChI is InChI=1S/C12H23N3O2S/c1-12(2)11-15(10-6-7-13)18(16,17)14-8-4-3-5-9-14/h12H,3-6,8-11H2,1-2H3. The van der Waals surface area contributed by atoms with Gasteiger partial charge in [0.2, 0.25) is 0 Å². The average Bonchev–Trinajstić information content (AvgIpc) is 2.35. The van der Waals surface area contributed by atoms with Gasteiger partial charge in [0.15, 0.2) is 0 Å². The average molecular weight is 273 g/mol. The number of piperidine rings is 1. The molecule has 0 radical (unpaired) electrons. The zero-order chi connectivity index (χ0) is 13.6. The van der Waals surface area contributed by atoms with Gasteiger partial charge < -0.3 is 0 Å². The minimum Gasteiger partial charge on any atom is -0.198 e. The Hall–Kier alpha value is -0.640. The molecule has 1 aliphatic rings. The van der Waals surface area contributed by atoms with E-state index in [9.17, 15) is 8.42 Å². The summed E-state index contributed by atoms with van der Waals surface area (Å²) in [5, 5.41) is 8.64. The molecule has 0 aromatic rings. The first-order valence-corrected chi connectivity index (χ1v) is 8.00. The fourth-order valence-electron chi connectivity index (χ4n) is 2.14. The highest BCUT2D eigenvalue weighted by molar-refractivity contribution is 7.86. The van der Waals surface area contributed by atoms with Gasteiger partial charge in [0.25, 0.3) is 10.2 Å². The van der Waals surface area contributed by atoms with Crippen molar-refractivity contribution in [2.24, 2.45) is 5.92 Å². The predicted molar refractivity (Wildman–Crippen MR) is 71.0 cm³/mol.